The molecule has 0 aliphatic carbocycles. The lowest BCUT2D eigenvalue weighted by molar-refractivity contribution is 0.403. The number of methoxy groups -OCH3 is 1. The minimum absolute atomic E-state index is 0.162. The lowest BCUT2D eigenvalue weighted by Gasteiger charge is -1.93. The third kappa shape index (κ3) is 3.89. The Morgan fingerprint density at radius 2 is 2.20 bits per heavy atom. The van der Waals surface area contributed by atoms with Crippen LogP contribution in [0, 0.1) is 5.41 Å². The van der Waals surface area contributed by atoms with Gasteiger partial charge in [-0.3, -0.25) is 5.41 Å². The van der Waals surface area contributed by atoms with Gasteiger partial charge in [0.05, 0.1) is 7.11 Å². The Hall–Kier alpha value is -1.05. The van der Waals surface area contributed by atoms with Crippen LogP contribution in [-0.4, -0.2) is 13.0 Å². The Balaban J connectivity index is 3.75. The second-order valence-corrected chi connectivity index (χ2v) is 1.91. The van der Waals surface area contributed by atoms with E-state index in [2.05, 4.69) is 11.3 Å². The second-order valence-electron chi connectivity index (χ2n) is 1.91. The van der Waals surface area contributed by atoms with E-state index in [9.17, 15) is 0 Å². The first-order chi connectivity index (χ1) is 4.70. The van der Waals surface area contributed by atoms with E-state index < -0.39 is 0 Å². The van der Waals surface area contributed by atoms with Crippen LogP contribution in [0.1, 0.15) is 13.3 Å². The Morgan fingerprint density at radius 3 is 2.60 bits per heavy atom. The standard InChI is InChI=1S/C8H13NO/c1-4-7(2)5-6-8(9)10-3/h5-6,9H,2,4H2,1,3H3/b6-5-,9-8?. The zero-order valence-corrected chi connectivity index (χ0v) is 6.48. The molecule has 0 rings (SSSR count). The molecule has 0 aromatic carbocycles. The van der Waals surface area contributed by atoms with E-state index in [0.717, 1.165) is 12.0 Å². The van der Waals surface area contributed by atoms with Gasteiger partial charge in [0.1, 0.15) is 0 Å². The zero-order chi connectivity index (χ0) is 7.98. The molecule has 0 amide bonds. The summed E-state index contributed by atoms with van der Waals surface area (Å²) < 4.78 is 4.60. The van der Waals surface area contributed by atoms with Gasteiger partial charge in [-0.05, 0) is 12.5 Å². The van der Waals surface area contributed by atoms with Gasteiger partial charge < -0.3 is 4.74 Å². The number of hydrogen-bond donors (Lipinski definition) is 1. The molecule has 0 aliphatic heterocycles. The smallest absolute Gasteiger partial charge is 0.205 e. The van der Waals surface area contributed by atoms with Crippen LogP contribution in [0.2, 0.25) is 0 Å². The van der Waals surface area contributed by atoms with E-state index in [-0.39, 0.29) is 5.90 Å². The minimum atomic E-state index is 0.162. The van der Waals surface area contributed by atoms with Crippen molar-refractivity contribution in [1.29, 1.82) is 5.41 Å². The third-order valence-corrected chi connectivity index (χ3v) is 1.14. The summed E-state index contributed by atoms with van der Waals surface area (Å²) in [4.78, 5) is 0. The highest BCUT2D eigenvalue weighted by Crippen LogP contribution is 1.97. The van der Waals surface area contributed by atoms with Gasteiger partial charge in [0.25, 0.3) is 0 Å². The molecule has 0 radical (unpaired) electrons. The van der Waals surface area contributed by atoms with Crippen molar-refractivity contribution in [1.82, 2.24) is 0 Å². The molecule has 0 unspecified atom stereocenters. The first-order valence-electron chi connectivity index (χ1n) is 3.19. The first-order valence-corrected chi connectivity index (χ1v) is 3.19. The second kappa shape index (κ2) is 4.79. The van der Waals surface area contributed by atoms with E-state index >= 15 is 0 Å². The van der Waals surface area contributed by atoms with Crippen molar-refractivity contribution in [2.75, 3.05) is 7.11 Å². The number of allylic oxidation sites excluding steroid dienone is 2. The van der Waals surface area contributed by atoms with Crippen LogP contribution >= 0.6 is 0 Å². The molecule has 2 nitrogen and oxygen atoms in total. The maximum Gasteiger partial charge on any atom is 0.205 e. The Bertz CT molecular complexity index is 141. The summed E-state index contributed by atoms with van der Waals surface area (Å²) in [6.07, 6.45) is 4.28. The van der Waals surface area contributed by atoms with Gasteiger partial charge in [0, 0.05) is 0 Å². The molecule has 1 N–H and O–H groups in total. The van der Waals surface area contributed by atoms with Crippen molar-refractivity contribution in [3.05, 3.63) is 24.3 Å². The van der Waals surface area contributed by atoms with Crippen LogP contribution in [0.4, 0.5) is 0 Å². The predicted molar refractivity (Wildman–Crippen MR) is 43.3 cm³/mol. The van der Waals surface area contributed by atoms with E-state index in [1.54, 1.807) is 12.2 Å². The zero-order valence-electron chi connectivity index (χ0n) is 6.48. The molecule has 2 heteroatoms. The molecule has 0 bridgehead atoms. The van der Waals surface area contributed by atoms with Crippen LogP contribution in [0.3, 0.4) is 0 Å². The first kappa shape index (κ1) is 8.95. The monoisotopic (exact) mass is 139 g/mol. The molecule has 0 aromatic heterocycles. The Kier molecular flexibility index (Phi) is 4.29. The van der Waals surface area contributed by atoms with Crippen molar-refractivity contribution in [2.45, 2.75) is 13.3 Å². The van der Waals surface area contributed by atoms with Crippen LogP contribution < -0.4 is 0 Å². The Morgan fingerprint density at radius 1 is 1.60 bits per heavy atom. The molecular formula is C8H13NO. The topological polar surface area (TPSA) is 33.1 Å². The fourth-order valence-electron chi connectivity index (χ4n) is 0.379. The summed E-state index contributed by atoms with van der Waals surface area (Å²) in [5.41, 5.74) is 1.00. The van der Waals surface area contributed by atoms with Gasteiger partial charge in [-0.25, -0.2) is 0 Å². The van der Waals surface area contributed by atoms with Crippen LogP contribution in [0.5, 0.6) is 0 Å². The van der Waals surface area contributed by atoms with Crippen molar-refractivity contribution in [2.24, 2.45) is 0 Å². The number of ether oxygens (including phenoxy) is 1. The fourth-order valence-corrected chi connectivity index (χ4v) is 0.379. The summed E-state index contributed by atoms with van der Waals surface area (Å²) in [5.74, 6) is 0.162. The normalized spacial score (nSPS) is 9.80. The summed E-state index contributed by atoms with van der Waals surface area (Å²) >= 11 is 0. The molecule has 0 aliphatic rings. The molecule has 10 heavy (non-hydrogen) atoms. The van der Waals surface area contributed by atoms with Gasteiger partial charge in [0.15, 0.2) is 0 Å². The van der Waals surface area contributed by atoms with Gasteiger partial charge >= 0.3 is 0 Å². The average Bonchev–Trinajstić information content (AvgIpc) is 1.99. The van der Waals surface area contributed by atoms with Gasteiger partial charge in [0.2, 0.25) is 5.90 Å². The van der Waals surface area contributed by atoms with Gasteiger partial charge in [-0.1, -0.05) is 25.2 Å². The van der Waals surface area contributed by atoms with Crippen LogP contribution in [-0.2, 0) is 4.74 Å². The van der Waals surface area contributed by atoms with Crippen molar-refractivity contribution >= 4 is 5.90 Å². The van der Waals surface area contributed by atoms with E-state index in [1.807, 2.05) is 6.92 Å². The van der Waals surface area contributed by atoms with E-state index in [1.165, 1.54) is 7.11 Å². The molecular weight excluding hydrogens is 126 g/mol. The molecule has 56 valence electrons. The van der Waals surface area contributed by atoms with E-state index in [4.69, 9.17) is 5.41 Å². The average molecular weight is 139 g/mol. The van der Waals surface area contributed by atoms with E-state index in [0.29, 0.717) is 0 Å². The molecule has 0 saturated carbocycles. The highest BCUT2D eigenvalue weighted by molar-refractivity contribution is 5.84. The minimum Gasteiger partial charge on any atom is -0.481 e. The van der Waals surface area contributed by atoms with Crippen molar-refractivity contribution in [3.63, 3.8) is 0 Å². The SMILES string of the molecule is C=C(/C=C\C(=N)OC)CC. The summed E-state index contributed by atoms with van der Waals surface area (Å²) in [6.45, 7) is 5.76. The van der Waals surface area contributed by atoms with Crippen LogP contribution in [0.25, 0.3) is 0 Å². The number of rotatable bonds is 3. The summed E-state index contributed by atoms with van der Waals surface area (Å²) in [5, 5.41) is 7.06. The number of hydrogen-bond acceptors (Lipinski definition) is 2. The third-order valence-electron chi connectivity index (χ3n) is 1.14. The lowest BCUT2D eigenvalue weighted by atomic mass is 10.2. The molecule has 0 saturated heterocycles. The van der Waals surface area contributed by atoms with Gasteiger partial charge in [-0.2, -0.15) is 0 Å². The van der Waals surface area contributed by atoms with Crippen molar-refractivity contribution in [3.8, 4) is 0 Å². The maximum absolute atomic E-state index is 7.06. The lowest BCUT2D eigenvalue weighted by Crippen LogP contribution is -1.92. The van der Waals surface area contributed by atoms with Crippen LogP contribution in [0.15, 0.2) is 24.3 Å². The maximum atomic E-state index is 7.06. The molecule has 0 fully saturated rings. The highest BCUT2D eigenvalue weighted by Gasteiger charge is 1.85. The number of nitrogens with one attached hydrogen (secondary N) is 1. The summed E-state index contributed by atoms with van der Waals surface area (Å²) in [6, 6.07) is 0. The predicted octanol–water partition coefficient (Wildman–Crippen LogP) is 2.13. The molecule has 0 aromatic rings. The van der Waals surface area contributed by atoms with Gasteiger partial charge in [-0.15, -0.1) is 0 Å². The summed E-state index contributed by atoms with van der Waals surface area (Å²) in [7, 11) is 1.47. The highest BCUT2D eigenvalue weighted by atomic mass is 16.5. The molecule has 0 atom stereocenters. The largest absolute Gasteiger partial charge is 0.481 e. The van der Waals surface area contributed by atoms with Crippen molar-refractivity contribution < 1.29 is 4.74 Å². The Labute approximate surface area is 61.7 Å². The quantitative estimate of drug-likeness (QED) is 0.362. The molecule has 0 spiro atoms. The fraction of sp³-hybridized carbons (Fsp3) is 0.375. The molecule has 0 heterocycles.